The van der Waals surface area contributed by atoms with Gasteiger partial charge in [-0.3, -0.25) is 0 Å². The van der Waals surface area contributed by atoms with E-state index in [2.05, 4.69) is 10.1 Å². The second kappa shape index (κ2) is 2.37. The number of hydrogen-bond donors (Lipinski definition) is 1. The molecule has 1 aliphatic heterocycles. The lowest BCUT2D eigenvalue weighted by molar-refractivity contribution is 0.580. The topological polar surface area (TPSA) is 46.9 Å². The van der Waals surface area contributed by atoms with Gasteiger partial charge in [-0.15, -0.1) is 0 Å². The van der Waals surface area contributed by atoms with Crippen molar-refractivity contribution in [3.63, 3.8) is 0 Å². The molecule has 0 radical (unpaired) electrons. The SMILES string of the molecule is O=[P+]1NCc2nc3ccccc3n21. The monoisotopic (exact) mass is 192 g/mol. The van der Waals surface area contributed by atoms with E-state index in [1.807, 2.05) is 24.3 Å². The Morgan fingerprint density at radius 1 is 1.46 bits per heavy atom. The van der Waals surface area contributed by atoms with Gasteiger partial charge in [-0.05, 0) is 16.7 Å². The first-order chi connectivity index (χ1) is 6.36. The Hall–Kier alpha value is -1.25. The van der Waals surface area contributed by atoms with E-state index in [-0.39, 0.29) is 0 Å². The van der Waals surface area contributed by atoms with Gasteiger partial charge in [-0.2, -0.15) is 0 Å². The van der Waals surface area contributed by atoms with E-state index in [1.54, 1.807) is 4.34 Å². The van der Waals surface area contributed by atoms with Crippen molar-refractivity contribution >= 4 is 19.1 Å². The highest BCUT2D eigenvalue weighted by atomic mass is 31.1. The highest BCUT2D eigenvalue weighted by Crippen LogP contribution is 2.33. The maximum atomic E-state index is 11.5. The Labute approximate surface area is 75.5 Å². The Kier molecular flexibility index (Phi) is 1.31. The zero-order valence-corrected chi connectivity index (χ0v) is 7.66. The van der Waals surface area contributed by atoms with E-state index in [1.165, 1.54) is 0 Å². The number of fused-ring (bicyclic) bond motifs is 3. The molecule has 1 N–H and O–H groups in total. The molecule has 0 saturated heterocycles. The molecule has 0 bridgehead atoms. The summed E-state index contributed by atoms with van der Waals surface area (Å²) in [5, 5.41) is 2.87. The van der Waals surface area contributed by atoms with Gasteiger partial charge in [0.1, 0.15) is 12.1 Å². The molecule has 0 saturated carbocycles. The fourth-order valence-corrected chi connectivity index (χ4v) is 2.70. The predicted molar refractivity (Wildman–Crippen MR) is 49.6 cm³/mol. The number of aromatic nitrogens is 2. The van der Waals surface area contributed by atoms with Crippen LogP contribution in [0.1, 0.15) is 5.82 Å². The lowest BCUT2D eigenvalue weighted by Gasteiger charge is -1.85. The number of benzene rings is 1. The second-order valence-electron chi connectivity index (χ2n) is 2.94. The molecule has 1 aromatic heterocycles. The third-order valence-electron chi connectivity index (χ3n) is 2.16. The summed E-state index contributed by atoms with van der Waals surface area (Å²) in [5.41, 5.74) is 1.87. The number of nitrogens with zero attached hydrogens (tertiary/aromatic N) is 2. The Balaban J connectivity index is 2.46. The van der Waals surface area contributed by atoms with Crippen LogP contribution in [-0.2, 0) is 11.1 Å². The summed E-state index contributed by atoms with van der Waals surface area (Å²) in [6.45, 7) is 0.601. The fourth-order valence-electron chi connectivity index (χ4n) is 1.59. The Morgan fingerprint density at radius 3 is 3.23 bits per heavy atom. The molecule has 1 unspecified atom stereocenters. The average Bonchev–Trinajstić information content (AvgIpc) is 2.66. The molecule has 0 fully saturated rings. The van der Waals surface area contributed by atoms with Crippen molar-refractivity contribution < 1.29 is 4.57 Å². The molecule has 2 aromatic rings. The predicted octanol–water partition coefficient (Wildman–Crippen LogP) is 1.64. The van der Waals surface area contributed by atoms with Gasteiger partial charge in [0.05, 0.1) is 5.52 Å². The van der Waals surface area contributed by atoms with E-state index in [4.69, 9.17) is 0 Å². The molecule has 1 aromatic carbocycles. The summed E-state index contributed by atoms with van der Waals surface area (Å²) in [4.78, 5) is 4.36. The van der Waals surface area contributed by atoms with Crippen molar-refractivity contribution in [2.24, 2.45) is 0 Å². The van der Waals surface area contributed by atoms with Gasteiger partial charge >= 0.3 is 8.10 Å². The normalized spacial score (nSPS) is 18.0. The van der Waals surface area contributed by atoms with Crippen molar-refractivity contribution in [3.8, 4) is 0 Å². The van der Waals surface area contributed by atoms with E-state index in [0.29, 0.717) is 6.54 Å². The van der Waals surface area contributed by atoms with Gasteiger partial charge in [0.25, 0.3) is 0 Å². The van der Waals surface area contributed by atoms with E-state index in [0.717, 1.165) is 16.9 Å². The van der Waals surface area contributed by atoms with Crippen molar-refractivity contribution in [1.82, 2.24) is 14.4 Å². The lowest BCUT2D eigenvalue weighted by atomic mass is 10.3. The van der Waals surface area contributed by atoms with Crippen molar-refractivity contribution in [3.05, 3.63) is 30.1 Å². The largest absolute Gasteiger partial charge is 0.570 e. The van der Waals surface area contributed by atoms with E-state index >= 15 is 0 Å². The zero-order valence-electron chi connectivity index (χ0n) is 6.77. The first-order valence-corrected chi connectivity index (χ1v) is 5.25. The van der Waals surface area contributed by atoms with Crippen LogP contribution in [-0.4, -0.2) is 9.32 Å². The van der Waals surface area contributed by atoms with Crippen LogP contribution in [0.4, 0.5) is 0 Å². The zero-order chi connectivity index (χ0) is 8.84. The van der Waals surface area contributed by atoms with Crippen LogP contribution < -0.4 is 5.09 Å². The molecule has 0 spiro atoms. The van der Waals surface area contributed by atoms with Crippen LogP contribution in [0.15, 0.2) is 24.3 Å². The summed E-state index contributed by atoms with van der Waals surface area (Å²) in [6, 6.07) is 7.74. The molecule has 13 heavy (non-hydrogen) atoms. The van der Waals surface area contributed by atoms with Gasteiger partial charge in [0.2, 0.25) is 0 Å². The van der Waals surface area contributed by atoms with E-state index in [9.17, 15) is 4.57 Å². The van der Waals surface area contributed by atoms with Crippen LogP contribution in [0, 0.1) is 0 Å². The first-order valence-electron chi connectivity index (χ1n) is 4.04. The first kappa shape index (κ1) is 7.18. The van der Waals surface area contributed by atoms with Crippen molar-refractivity contribution in [2.45, 2.75) is 6.54 Å². The molecule has 3 rings (SSSR count). The molecule has 5 heteroatoms. The number of rotatable bonds is 0. The van der Waals surface area contributed by atoms with Crippen LogP contribution in [0.5, 0.6) is 0 Å². The molecule has 0 aliphatic carbocycles. The summed E-state index contributed by atoms with van der Waals surface area (Å²) < 4.78 is 13.3. The minimum Gasteiger partial charge on any atom is -0.227 e. The molecule has 0 amide bonds. The summed E-state index contributed by atoms with van der Waals surface area (Å²) >= 11 is 0. The third kappa shape index (κ3) is 0.870. The number of nitrogens with one attached hydrogen (secondary N) is 1. The minimum atomic E-state index is -1.49. The smallest absolute Gasteiger partial charge is 0.227 e. The minimum absolute atomic E-state index is 0.601. The highest BCUT2D eigenvalue weighted by Gasteiger charge is 2.33. The second-order valence-corrected chi connectivity index (χ2v) is 4.20. The van der Waals surface area contributed by atoms with E-state index < -0.39 is 8.10 Å². The van der Waals surface area contributed by atoms with Crippen molar-refractivity contribution in [2.75, 3.05) is 0 Å². The van der Waals surface area contributed by atoms with Gasteiger partial charge in [0.15, 0.2) is 5.82 Å². The summed E-state index contributed by atoms with van der Waals surface area (Å²) in [7, 11) is -1.49. The Bertz CT molecular complexity index is 505. The maximum Gasteiger partial charge on any atom is 0.570 e. The summed E-state index contributed by atoms with van der Waals surface area (Å²) in [5.74, 6) is 0.863. The standard InChI is InChI=1S/C8H7N3OP/c12-13-9-5-8-10-6-3-1-2-4-7(6)11(8)13/h1-4H,5H2,(H,9,12)/q+1. The van der Waals surface area contributed by atoms with Crippen LogP contribution in [0.3, 0.4) is 0 Å². The molecule has 1 atom stereocenters. The highest BCUT2D eigenvalue weighted by molar-refractivity contribution is 7.41. The number of imidazole rings is 1. The van der Waals surface area contributed by atoms with Crippen molar-refractivity contribution in [1.29, 1.82) is 0 Å². The molecular weight excluding hydrogens is 185 g/mol. The maximum absolute atomic E-state index is 11.5. The van der Waals surface area contributed by atoms with Gasteiger partial charge in [-0.1, -0.05) is 21.6 Å². The van der Waals surface area contributed by atoms with Gasteiger partial charge in [0, 0.05) is 0 Å². The molecule has 4 nitrogen and oxygen atoms in total. The number of hydrogen-bond acceptors (Lipinski definition) is 2. The molecular formula is C8H7N3OP+. The lowest BCUT2D eigenvalue weighted by Crippen LogP contribution is -1.93. The fraction of sp³-hybridized carbons (Fsp3) is 0.125. The molecule has 2 heterocycles. The Morgan fingerprint density at radius 2 is 2.31 bits per heavy atom. The number of para-hydroxylation sites is 2. The van der Waals surface area contributed by atoms with Crippen LogP contribution in [0.25, 0.3) is 11.0 Å². The molecule has 1 aliphatic rings. The third-order valence-corrected chi connectivity index (χ3v) is 3.40. The average molecular weight is 192 g/mol. The quantitative estimate of drug-likeness (QED) is 0.645. The van der Waals surface area contributed by atoms with Gasteiger partial charge in [-0.25, -0.2) is 4.98 Å². The van der Waals surface area contributed by atoms with Crippen LogP contribution in [0.2, 0.25) is 0 Å². The van der Waals surface area contributed by atoms with Gasteiger partial charge < -0.3 is 0 Å². The van der Waals surface area contributed by atoms with Crippen LogP contribution >= 0.6 is 8.10 Å². The molecule has 64 valence electrons. The summed E-state index contributed by atoms with van der Waals surface area (Å²) in [6.07, 6.45) is 0.